The van der Waals surface area contributed by atoms with Crippen LogP contribution in [0.1, 0.15) is 5.76 Å². The summed E-state index contributed by atoms with van der Waals surface area (Å²) in [7, 11) is 1.40. The summed E-state index contributed by atoms with van der Waals surface area (Å²) in [5, 5.41) is 7.12. The molecular formula is C11H9FN4O2. The third-order valence-corrected chi connectivity index (χ3v) is 2.30. The second-order valence-corrected chi connectivity index (χ2v) is 3.42. The normalized spacial score (nSPS) is 9.89. The molecule has 0 saturated heterocycles. The van der Waals surface area contributed by atoms with Crippen molar-refractivity contribution < 1.29 is 13.7 Å². The zero-order valence-corrected chi connectivity index (χ0v) is 9.50. The molecule has 2 rings (SSSR count). The summed E-state index contributed by atoms with van der Waals surface area (Å²) in [6.07, 6.45) is 0. The van der Waals surface area contributed by atoms with Gasteiger partial charge in [0.1, 0.15) is 11.5 Å². The highest BCUT2D eigenvalue weighted by Gasteiger charge is 2.09. The molecule has 0 fully saturated rings. The summed E-state index contributed by atoms with van der Waals surface area (Å²) in [6, 6.07) is 6.06. The number of azide groups is 1. The van der Waals surface area contributed by atoms with Gasteiger partial charge in [-0.2, -0.15) is 0 Å². The second kappa shape index (κ2) is 5.20. The van der Waals surface area contributed by atoms with Crippen molar-refractivity contribution in [1.29, 1.82) is 0 Å². The Labute approximate surface area is 102 Å². The van der Waals surface area contributed by atoms with Crippen molar-refractivity contribution in [3.05, 3.63) is 46.3 Å². The first-order chi connectivity index (χ1) is 8.74. The van der Waals surface area contributed by atoms with Crippen molar-refractivity contribution in [2.45, 2.75) is 6.54 Å². The van der Waals surface area contributed by atoms with Crippen molar-refractivity contribution in [3.63, 3.8) is 0 Å². The average Bonchev–Trinajstić information content (AvgIpc) is 2.85. The van der Waals surface area contributed by atoms with Gasteiger partial charge in [-0.15, -0.1) is 0 Å². The predicted octanol–water partition coefficient (Wildman–Crippen LogP) is 3.30. The maximum absolute atomic E-state index is 13.5. The highest BCUT2D eigenvalue weighted by atomic mass is 19.1. The lowest BCUT2D eigenvalue weighted by molar-refractivity contribution is 0.385. The summed E-state index contributed by atoms with van der Waals surface area (Å²) < 4.78 is 23.3. The van der Waals surface area contributed by atoms with Crippen LogP contribution in [0.15, 0.2) is 33.9 Å². The topological polar surface area (TPSA) is 84.0 Å². The van der Waals surface area contributed by atoms with Gasteiger partial charge in [-0.05, 0) is 23.7 Å². The molecule has 0 aliphatic carbocycles. The molecule has 7 heteroatoms. The van der Waals surface area contributed by atoms with Gasteiger partial charge in [0.15, 0.2) is 11.6 Å². The number of benzene rings is 1. The van der Waals surface area contributed by atoms with Gasteiger partial charge in [0.05, 0.1) is 13.7 Å². The molecule has 1 heterocycles. The molecule has 18 heavy (non-hydrogen) atoms. The Hall–Kier alpha value is -2.53. The van der Waals surface area contributed by atoms with Gasteiger partial charge in [-0.3, -0.25) is 0 Å². The second-order valence-electron chi connectivity index (χ2n) is 3.42. The van der Waals surface area contributed by atoms with Crippen LogP contribution in [-0.2, 0) is 6.54 Å². The Morgan fingerprint density at radius 3 is 3.00 bits per heavy atom. The maximum Gasteiger partial charge on any atom is 0.165 e. The van der Waals surface area contributed by atoms with E-state index < -0.39 is 5.82 Å². The molecule has 0 N–H and O–H groups in total. The van der Waals surface area contributed by atoms with Crippen molar-refractivity contribution in [1.82, 2.24) is 5.16 Å². The van der Waals surface area contributed by atoms with E-state index in [1.165, 1.54) is 19.2 Å². The Morgan fingerprint density at radius 1 is 1.50 bits per heavy atom. The number of halogens is 1. The first kappa shape index (κ1) is 11.9. The summed E-state index contributed by atoms with van der Waals surface area (Å²) >= 11 is 0. The molecule has 0 aliphatic heterocycles. The Kier molecular flexibility index (Phi) is 3.45. The standard InChI is InChI=1S/C11H9FN4O2/c1-17-11-3-2-7(4-9(11)12)10-5-8(18-15-10)6-14-16-13/h2-5H,6H2,1H3. The van der Waals surface area contributed by atoms with Gasteiger partial charge in [0.25, 0.3) is 0 Å². The number of ether oxygens (including phenoxy) is 1. The Bertz CT molecular complexity index is 605. The molecule has 0 unspecified atom stereocenters. The van der Waals surface area contributed by atoms with Gasteiger partial charge in [-0.25, -0.2) is 4.39 Å². The summed E-state index contributed by atoms with van der Waals surface area (Å²) in [6.45, 7) is 0.0716. The highest BCUT2D eigenvalue weighted by Crippen LogP contribution is 2.25. The van der Waals surface area contributed by atoms with E-state index in [1.54, 1.807) is 12.1 Å². The van der Waals surface area contributed by atoms with E-state index in [0.717, 1.165) is 0 Å². The minimum absolute atomic E-state index is 0.0716. The molecule has 0 bridgehead atoms. The lowest BCUT2D eigenvalue weighted by Gasteiger charge is -2.02. The summed E-state index contributed by atoms with van der Waals surface area (Å²) in [5.74, 6) is 0.102. The lowest BCUT2D eigenvalue weighted by atomic mass is 10.1. The fourth-order valence-corrected chi connectivity index (χ4v) is 1.45. The van der Waals surface area contributed by atoms with E-state index >= 15 is 0 Å². The minimum Gasteiger partial charge on any atom is -0.494 e. The van der Waals surface area contributed by atoms with E-state index in [4.69, 9.17) is 14.8 Å². The molecule has 2 aromatic rings. The van der Waals surface area contributed by atoms with Crippen LogP contribution in [0.5, 0.6) is 5.75 Å². The summed E-state index contributed by atoms with van der Waals surface area (Å²) in [4.78, 5) is 2.61. The molecule has 1 aromatic heterocycles. The van der Waals surface area contributed by atoms with E-state index in [0.29, 0.717) is 17.0 Å². The fourth-order valence-electron chi connectivity index (χ4n) is 1.45. The molecular weight excluding hydrogens is 239 g/mol. The number of nitrogens with zero attached hydrogens (tertiary/aromatic N) is 4. The zero-order valence-electron chi connectivity index (χ0n) is 9.50. The third kappa shape index (κ3) is 2.41. The van der Waals surface area contributed by atoms with Gasteiger partial charge in [0.2, 0.25) is 0 Å². The van der Waals surface area contributed by atoms with Gasteiger partial charge >= 0.3 is 0 Å². The van der Waals surface area contributed by atoms with Gasteiger partial charge < -0.3 is 9.26 Å². The van der Waals surface area contributed by atoms with Crippen molar-refractivity contribution in [2.24, 2.45) is 5.11 Å². The molecule has 1 aromatic carbocycles. The number of hydrogen-bond donors (Lipinski definition) is 0. The van der Waals surface area contributed by atoms with Crippen LogP contribution in [0.2, 0.25) is 0 Å². The smallest absolute Gasteiger partial charge is 0.165 e. The molecule has 6 nitrogen and oxygen atoms in total. The lowest BCUT2D eigenvalue weighted by Crippen LogP contribution is -1.88. The molecule has 0 atom stereocenters. The molecule has 0 saturated carbocycles. The van der Waals surface area contributed by atoms with Crippen molar-refractivity contribution >= 4 is 0 Å². The van der Waals surface area contributed by atoms with E-state index in [-0.39, 0.29) is 12.3 Å². The summed E-state index contributed by atoms with van der Waals surface area (Å²) in [5.41, 5.74) is 9.21. The van der Waals surface area contributed by atoms with Crippen LogP contribution in [0.3, 0.4) is 0 Å². The largest absolute Gasteiger partial charge is 0.494 e. The molecule has 0 radical (unpaired) electrons. The first-order valence-corrected chi connectivity index (χ1v) is 5.05. The third-order valence-electron chi connectivity index (χ3n) is 2.30. The van der Waals surface area contributed by atoms with Crippen LogP contribution in [0, 0.1) is 5.82 Å². The Morgan fingerprint density at radius 2 is 2.33 bits per heavy atom. The molecule has 0 amide bonds. The van der Waals surface area contributed by atoms with Crippen LogP contribution in [-0.4, -0.2) is 12.3 Å². The van der Waals surface area contributed by atoms with E-state index in [9.17, 15) is 4.39 Å². The van der Waals surface area contributed by atoms with Gasteiger partial charge in [0, 0.05) is 16.5 Å². The maximum atomic E-state index is 13.5. The molecule has 92 valence electrons. The zero-order chi connectivity index (χ0) is 13.0. The number of rotatable bonds is 4. The highest BCUT2D eigenvalue weighted by molar-refractivity contribution is 5.60. The Balaban J connectivity index is 2.28. The van der Waals surface area contributed by atoms with Crippen molar-refractivity contribution in [2.75, 3.05) is 7.11 Å². The van der Waals surface area contributed by atoms with Crippen LogP contribution < -0.4 is 4.74 Å². The fraction of sp³-hybridized carbons (Fsp3) is 0.182. The van der Waals surface area contributed by atoms with Crippen molar-refractivity contribution in [3.8, 4) is 17.0 Å². The number of methoxy groups -OCH3 is 1. The quantitative estimate of drug-likeness (QED) is 0.472. The minimum atomic E-state index is -0.477. The predicted molar refractivity (Wildman–Crippen MR) is 61.3 cm³/mol. The molecule has 0 aliphatic rings. The average molecular weight is 248 g/mol. The van der Waals surface area contributed by atoms with Crippen LogP contribution in [0.25, 0.3) is 21.7 Å². The molecule has 0 spiro atoms. The number of aromatic nitrogens is 1. The van der Waals surface area contributed by atoms with E-state index in [1.807, 2.05) is 0 Å². The van der Waals surface area contributed by atoms with E-state index in [2.05, 4.69) is 15.2 Å². The first-order valence-electron chi connectivity index (χ1n) is 5.05. The monoisotopic (exact) mass is 248 g/mol. The SMILES string of the molecule is COc1ccc(-c2cc(CN=[N+]=[N-])on2)cc1F. The number of hydrogen-bond acceptors (Lipinski definition) is 4. The van der Waals surface area contributed by atoms with Crippen LogP contribution in [0.4, 0.5) is 4.39 Å². The van der Waals surface area contributed by atoms with Gasteiger partial charge in [-0.1, -0.05) is 10.3 Å². The van der Waals surface area contributed by atoms with Crippen LogP contribution >= 0.6 is 0 Å².